The van der Waals surface area contributed by atoms with Gasteiger partial charge < -0.3 is 10.1 Å². The van der Waals surface area contributed by atoms with Gasteiger partial charge in [-0.05, 0) is 42.9 Å². The molecular weight excluding hydrogens is 234 g/mol. The number of benzene rings is 1. The maximum atomic E-state index is 5.49. The fourth-order valence-electron chi connectivity index (χ4n) is 2.79. The lowest BCUT2D eigenvalue weighted by molar-refractivity contribution is 0.0413. The second-order valence-electron chi connectivity index (χ2n) is 6.77. The van der Waals surface area contributed by atoms with Crippen molar-refractivity contribution in [1.82, 2.24) is 5.32 Å². The number of hydrogen-bond donors (Lipinski definition) is 1. The molecule has 1 aliphatic heterocycles. The van der Waals surface area contributed by atoms with Crippen LogP contribution in [0.5, 0.6) is 0 Å². The number of likely N-dealkylation sites (N-methyl/N-ethyl adjacent to an activating group) is 1. The minimum atomic E-state index is 0.224. The van der Waals surface area contributed by atoms with Crippen molar-refractivity contribution in [2.45, 2.75) is 51.0 Å². The van der Waals surface area contributed by atoms with E-state index in [0.29, 0.717) is 0 Å². The van der Waals surface area contributed by atoms with Crippen molar-refractivity contribution in [3.8, 4) is 0 Å². The van der Waals surface area contributed by atoms with Crippen molar-refractivity contribution >= 4 is 0 Å². The summed E-state index contributed by atoms with van der Waals surface area (Å²) < 4.78 is 5.49. The maximum absolute atomic E-state index is 5.49. The van der Waals surface area contributed by atoms with E-state index in [2.05, 4.69) is 57.4 Å². The predicted molar refractivity (Wildman–Crippen MR) is 80.7 cm³/mol. The van der Waals surface area contributed by atoms with Crippen molar-refractivity contribution in [2.24, 2.45) is 0 Å². The largest absolute Gasteiger partial charge is 0.381 e. The zero-order chi connectivity index (χ0) is 13.9. The van der Waals surface area contributed by atoms with E-state index in [-0.39, 0.29) is 11.0 Å². The molecule has 0 radical (unpaired) electrons. The Bertz CT molecular complexity index is 396. The second kappa shape index (κ2) is 5.64. The van der Waals surface area contributed by atoms with Crippen molar-refractivity contribution in [2.75, 3.05) is 20.3 Å². The smallest absolute Gasteiger partial charge is 0.0483 e. The number of ether oxygens (including phenoxy) is 1. The van der Waals surface area contributed by atoms with Gasteiger partial charge in [-0.25, -0.2) is 0 Å². The van der Waals surface area contributed by atoms with Gasteiger partial charge in [0.25, 0.3) is 0 Å². The lowest BCUT2D eigenvalue weighted by atomic mass is 9.82. The molecule has 0 aromatic heterocycles. The molecule has 2 rings (SSSR count). The van der Waals surface area contributed by atoms with Gasteiger partial charge >= 0.3 is 0 Å². The average Bonchev–Trinajstić information content (AvgIpc) is 2.39. The molecule has 0 aliphatic carbocycles. The topological polar surface area (TPSA) is 21.3 Å². The number of nitrogens with one attached hydrogen (secondary N) is 1. The van der Waals surface area contributed by atoms with Crippen molar-refractivity contribution in [3.05, 3.63) is 35.4 Å². The van der Waals surface area contributed by atoms with Crippen LogP contribution in [0.2, 0.25) is 0 Å². The minimum absolute atomic E-state index is 0.224. The van der Waals surface area contributed by atoms with E-state index in [9.17, 15) is 0 Å². The highest BCUT2D eigenvalue weighted by molar-refractivity contribution is 5.28. The predicted octanol–water partition coefficient (Wildman–Crippen LogP) is 3.30. The van der Waals surface area contributed by atoms with E-state index in [0.717, 1.165) is 32.5 Å². The molecule has 1 saturated heterocycles. The SMILES string of the molecule is CNC1(Cc2ccc(C(C)(C)C)cc2)CCOCC1. The van der Waals surface area contributed by atoms with Crippen LogP contribution in [0.3, 0.4) is 0 Å². The maximum Gasteiger partial charge on any atom is 0.0483 e. The van der Waals surface area contributed by atoms with Gasteiger partial charge in [0.1, 0.15) is 0 Å². The molecule has 2 heteroatoms. The fraction of sp³-hybridized carbons (Fsp3) is 0.647. The first-order chi connectivity index (χ1) is 8.95. The molecule has 1 aromatic carbocycles. The van der Waals surface area contributed by atoms with Gasteiger partial charge in [0.05, 0.1) is 0 Å². The lowest BCUT2D eigenvalue weighted by Crippen LogP contribution is -2.49. The molecule has 106 valence electrons. The first-order valence-corrected chi connectivity index (χ1v) is 7.31. The highest BCUT2D eigenvalue weighted by atomic mass is 16.5. The molecule has 1 heterocycles. The monoisotopic (exact) mass is 261 g/mol. The van der Waals surface area contributed by atoms with Crippen LogP contribution in [0.4, 0.5) is 0 Å². The molecule has 1 N–H and O–H groups in total. The van der Waals surface area contributed by atoms with Crippen LogP contribution in [-0.2, 0) is 16.6 Å². The van der Waals surface area contributed by atoms with E-state index in [1.165, 1.54) is 11.1 Å². The summed E-state index contributed by atoms with van der Waals surface area (Å²) in [6.07, 6.45) is 3.30. The Kier molecular flexibility index (Phi) is 4.32. The summed E-state index contributed by atoms with van der Waals surface area (Å²) in [4.78, 5) is 0. The van der Waals surface area contributed by atoms with Gasteiger partial charge in [-0.3, -0.25) is 0 Å². The second-order valence-corrected chi connectivity index (χ2v) is 6.77. The Morgan fingerprint density at radius 1 is 1.11 bits per heavy atom. The molecule has 1 fully saturated rings. The van der Waals surface area contributed by atoms with Crippen LogP contribution in [0.1, 0.15) is 44.7 Å². The third kappa shape index (κ3) is 3.58. The molecule has 0 amide bonds. The highest BCUT2D eigenvalue weighted by Crippen LogP contribution is 2.27. The summed E-state index contributed by atoms with van der Waals surface area (Å²) >= 11 is 0. The van der Waals surface area contributed by atoms with Gasteiger partial charge in [-0.2, -0.15) is 0 Å². The summed E-state index contributed by atoms with van der Waals surface area (Å²) in [7, 11) is 2.08. The molecule has 0 unspecified atom stereocenters. The summed E-state index contributed by atoms with van der Waals surface area (Å²) in [6.45, 7) is 8.53. The average molecular weight is 261 g/mol. The van der Waals surface area contributed by atoms with E-state index in [4.69, 9.17) is 4.74 Å². The fourth-order valence-corrected chi connectivity index (χ4v) is 2.79. The van der Waals surface area contributed by atoms with Crippen molar-refractivity contribution < 1.29 is 4.74 Å². The van der Waals surface area contributed by atoms with E-state index >= 15 is 0 Å². The van der Waals surface area contributed by atoms with Crippen LogP contribution in [0.25, 0.3) is 0 Å². The lowest BCUT2D eigenvalue weighted by Gasteiger charge is -2.37. The van der Waals surface area contributed by atoms with Crippen LogP contribution in [0, 0.1) is 0 Å². The molecular formula is C17H27NO. The molecule has 2 nitrogen and oxygen atoms in total. The Morgan fingerprint density at radius 2 is 1.68 bits per heavy atom. The van der Waals surface area contributed by atoms with Crippen LogP contribution in [-0.4, -0.2) is 25.8 Å². The standard InChI is InChI=1S/C17H27NO/c1-16(2,3)15-7-5-14(6-8-15)13-17(18-4)9-11-19-12-10-17/h5-8,18H,9-13H2,1-4H3. The first kappa shape index (κ1) is 14.5. The van der Waals surface area contributed by atoms with Gasteiger partial charge in [0, 0.05) is 18.8 Å². The quantitative estimate of drug-likeness (QED) is 0.901. The summed E-state index contributed by atoms with van der Waals surface area (Å²) in [6, 6.07) is 9.13. The van der Waals surface area contributed by atoms with E-state index in [1.54, 1.807) is 0 Å². The Labute approximate surface area is 117 Å². The Hall–Kier alpha value is -0.860. The van der Waals surface area contributed by atoms with E-state index < -0.39 is 0 Å². The molecule has 0 atom stereocenters. The zero-order valence-corrected chi connectivity index (χ0v) is 12.8. The molecule has 1 aromatic rings. The third-order valence-electron chi connectivity index (χ3n) is 4.34. The summed E-state index contributed by atoms with van der Waals surface area (Å²) in [5.74, 6) is 0. The summed E-state index contributed by atoms with van der Waals surface area (Å²) in [5, 5.41) is 3.53. The van der Waals surface area contributed by atoms with E-state index in [1.807, 2.05) is 0 Å². The summed E-state index contributed by atoms with van der Waals surface area (Å²) in [5.41, 5.74) is 3.28. The normalized spacial score (nSPS) is 19.4. The molecule has 0 saturated carbocycles. The van der Waals surface area contributed by atoms with Gasteiger partial charge in [-0.1, -0.05) is 45.0 Å². The number of rotatable bonds is 3. The third-order valence-corrected chi connectivity index (χ3v) is 4.34. The number of hydrogen-bond acceptors (Lipinski definition) is 2. The van der Waals surface area contributed by atoms with Crippen LogP contribution >= 0.6 is 0 Å². The molecule has 0 bridgehead atoms. The molecule has 1 aliphatic rings. The van der Waals surface area contributed by atoms with Crippen LogP contribution < -0.4 is 5.32 Å². The highest BCUT2D eigenvalue weighted by Gasteiger charge is 2.30. The Balaban J connectivity index is 2.10. The van der Waals surface area contributed by atoms with Crippen molar-refractivity contribution in [3.63, 3.8) is 0 Å². The van der Waals surface area contributed by atoms with Crippen molar-refractivity contribution in [1.29, 1.82) is 0 Å². The first-order valence-electron chi connectivity index (χ1n) is 7.31. The van der Waals surface area contributed by atoms with Gasteiger partial charge in [0.15, 0.2) is 0 Å². The minimum Gasteiger partial charge on any atom is -0.381 e. The van der Waals surface area contributed by atoms with Gasteiger partial charge in [-0.15, -0.1) is 0 Å². The molecule has 19 heavy (non-hydrogen) atoms. The Morgan fingerprint density at radius 3 is 2.16 bits per heavy atom. The van der Waals surface area contributed by atoms with Gasteiger partial charge in [0.2, 0.25) is 0 Å². The molecule has 0 spiro atoms. The van der Waals surface area contributed by atoms with Crippen LogP contribution in [0.15, 0.2) is 24.3 Å². The zero-order valence-electron chi connectivity index (χ0n) is 12.8.